The third kappa shape index (κ3) is 6.78. The summed E-state index contributed by atoms with van der Waals surface area (Å²) in [7, 11) is 0. The fraction of sp³-hybridized carbons (Fsp3) is 0.552. The first-order valence-corrected chi connectivity index (χ1v) is 13.0. The summed E-state index contributed by atoms with van der Waals surface area (Å²) < 4.78 is 6.04. The van der Waals surface area contributed by atoms with E-state index in [1.165, 1.54) is 18.2 Å². The average Bonchev–Trinajstić information content (AvgIpc) is 2.97. The van der Waals surface area contributed by atoms with Gasteiger partial charge in [-0.1, -0.05) is 23.8 Å². The fourth-order valence-electron chi connectivity index (χ4n) is 5.48. The van der Waals surface area contributed by atoms with Crippen LogP contribution in [0.15, 0.2) is 42.5 Å². The Morgan fingerprint density at radius 3 is 2.11 bits per heavy atom. The maximum Gasteiger partial charge on any atom is 0.219 e. The minimum absolute atomic E-state index is 0.0632. The summed E-state index contributed by atoms with van der Waals surface area (Å²) in [5.41, 5.74) is 2.56. The summed E-state index contributed by atoms with van der Waals surface area (Å²) in [6.45, 7) is 11.4. The van der Waals surface area contributed by atoms with Crippen molar-refractivity contribution in [3.05, 3.63) is 59.2 Å². The van der Waals surface area contributed by atoms with Gasteiger partial charge in [-0.15, -0.1) is 0 Å². The van der Waals surface area contributed by atoms with Gasteiger partial charge < -0.3 is 24.7 Å². The number of ether oxygens (including phenoxy) is 1. The Hall–Kier alpha value is -2.61. The first-order valence-electron chi connectivity index (χ1n) is 13.0. The van der Waals surface area contributed by atoms with Crippen LogP contribution in [0.5, 0.6) is 5.75 Å². The number of β-amino-alcohol motifs (C(OH)–C–C–N with tert-alkyl or cyclic N) is 2. The van der Waals surface area contributed by atoms with Crippen LogP contribution in [0.2, 0.25) is 0 Å². The van der Waals surface area contributed by atoms with Crippen molar-refractivity contribution in [2.24, 2.45) is 0 Å². The number of hydrogen-bond acceptors (Lipinski definition) is 6. The van der Waals surface area contributed by atoms with Gasteiger partial charge in [-0.2, -0.15) is 0 Å². The van der Waals surface area contributed by atoms with E-state index in [1.807, 2.05) is 26.0 Å². The molecule has 0 unspecified atom stereocenters. The molecule has 2 aromatic rings. The highest BCUT2D eigenvalue weighted by Crippen LogP contribution is 2.29. The lowest BCUT2D eigenvalue weighted by Crippen LogP contribution is -2.55. The van der Waals surface area contributed by atoms with E-state index in [2.05, 4.69) is 47.1 Å². The molecule has 1 atom stereocenters. The first-order chi connectivity index (χ1) is 17.0. The van der Waals surface area contributed by atoms with Crippen LogP contribution in [0, 0.1) is 20.8 Å². The average molecular weight is 496 g/mol. The molecular weight excluding hydrogens is 454 g/mol. The Labute approximate surface area is 215 Å². The zero-order valence-corrected chi connectivity index (χ0v) is 22.2. The number of piperidine rings is 1. The van der Waals surface area contributed by atoms with Gasteiger partial charge in [-0.3, -0.25) is 9.69 Å². The Kier molecular flexibility index (Phi) is 7.93. The second kappa shape index (κ2) is 10.8. The van der Waals surface area contributed by atoms with Gasteiger partial charge in [0.25, 0.3) is 0 Å². The van der Waals surface area contributed by atoms with Crippen LogP contribution in [0.1, 0.15) is 36.5 Å². The van der Waals surface area contributed by atoms with Gasteiger partial charge >= 0.3 is 0 Å². The maximum atomic E-state index is 12.3. The van der Waals surface area contributed by atoms with E-state index < -0.39 is 11.2 Å². The molecule has 2 aliphatic rings. The highest BCUT2D eigenvalue weighted by atomic mass is 16.5. The SMILES string of the molecule is CC(=O)N1CCN(CC2(O)CCN(c3ccc(C)cc3)CC2)C[C@@](O)(COc2cc(C)cc(C)c2)C1. The molecule has 0 aromatic heterocycles. The normalized spacial score (nSPS) is 22.8. The zero-order valence-electron chi connectivity index (χ0n) is 22.2. The number of rotatable bonds is 6. The number of anilines is 1. The summed E-state index contributed by atoms with van der Waals surface area (Å²) in [6, 6.07) is 14.5. The predicted octanol–water partition coefficient (Wildman–Crippen LogP) is 2.92. The van der Waals surface area contributed by atoms with E-state index in [9.17, 15) is 15.0 Å². The quantitative estimate of drug-likeness (QED) is 0.642. The van der Waals surface area contributed by atoms with Gasteiger partial charge in [-0.05, 0) is 69.0 Å². The molecule has 2 saturated heterocycles. The number of carbonyl (C=O) groups is 1. The van der Waals surface area contributed by atoms with Crippen LogP contribution in [-0.4, -0.2) is 89.5 Å². The Bertz CT molecular complexity index is 1030. The molecule has 0 spiro atoms. The van der Waals surface area contributed by atoms with Gasteiger partial charge in [0.15, 0.2) is 0 Å². The van der Waals surface area contributed by atoms with Crippen molar-refractivity contribution in [3.8, 4) is 5.75 Å². The van der Waals surface area contributed by atoms with Crippen LogP contribution >= 0.6 is 0 Å². The summed E-state index contributed by atoms with van der Waals surface area (Å²) in [5, 5.41) is 23.1. The first kappa shape index (κ1) is 26.5. The lowest BCUT2D eigenvalue weighted by atomic mass is 9.90. The molecule has 2 aliphatic heterocycles. The van der Waals surface area contributed by atoms with E-state index >= 15 is 0 Å². The fourth-order valence-corrected chi connectivity index (χ4v) is 5.48. The summed E-state index contributed by atoms with van der Waals surface area (Å²) >= 11 is 0. The number of carbonyl (C=O) groups excluding carboxylic acids is 1. The molecule has 36 heavy (non-hydrogen) atoms. The van der Waals surface area contributed by atoms with Crippen LogP contribution in [0.3, 0.4) is 0 Å². The molecule has 7 nitrogen and oxygen atoms in total. The van der Waals surface area contributed by atoms with Crippen molar-refractivity contribution in [2.75, 3.05) is 57.3 Å². The summed E-state index contributed by atoms with van der Waals surface area (Å²) in [5.74, 6) is 0.653. The largest absolute Gasteiger partial charge is 0.490 e. The number of nitrogens with zero attached hydrogens (tertiary/aromatic N) is 3. The topological polar surface area (TPSA) is 76.5 Å². The zero-order chi connectivity index (χ0) is 25.9. The maximum absolute atomic E-state index is 12.3. The lowest BCUT2D eigenvalue weighted by Gasteiger charge is -2.42. The Balaban J connectivity index is 1.41. The molecule has 2 fully saturated rings. The van der Waals surface area contributed by atoms with E-state index in [0.29, 0.717) is 44.8 Å². The van der Waals surface area contributed by atoms with Crippen LogP contribution < -0.4 is 9.64 Å². The third-order valence-electron chi connectivity index (χ3n) is 7.45. The van der Waals surface area contributed by atoms with Gasteiger partial charge in [-0.25, -0.2) is 0 Å². The Morgan fingerprint density at radius 2 is 1.50 bits per heavy atom. The number of amides is 1. The van der Waals surface area contributed by atoms with E-state index in [1.54, 1.807) is 4.90 Å². The van der Waals surface area contributed by atoms with Crippen molar-refractivity contribution in [1.82, 2.24) is 9.80 Å². The lowest BCUT2D eigenvalue weighted by molar-refractivity contribution is -0.132. The third-order valence-corrected chi connectivity index (χ3v) is 7.45. The monoisotopic (exact) mass is 495 g/mol. The van der Waals surface area contributed by atoms with E-state index in [4.69, 9.17) is 4.74 Å². The molecule has 0 radical (unpaired) electrons. The molecular formula is C29H41N3O4. The van der Waals surface area contributed by atoms with Crippen LogP contribution in [-0.2, 0) is 4.79 Å². The second-order valence-electron chi connectivity index (χ2n) is 11.0. The number of hydrogen-bond donors (Lipinski definition) is 2. The van der Waals surface area contributed by atoms with Gasteiger partial charge in [0.05, 0.1) is 12.1 Å². The van der Waals surface area contributed by atoms with Gasteiger partial charge in [0, 0.05) is 51.9 Å². The molecule has 1 amide bonds. The molecule has 4 rings (SSSR count). The van der Waals surface area contributed by atoms with E-state index in [-0.39, 0.29) is 19.1 Å². The molecule has 0 aliphatic carbocycles. The smallest absolute Gasteiger partial charge is 0.219 e. The van der Waals surface area contributed by atoms with E-state index in [0.717, 1.165) is 24.2 Å². The number of aryl methyl sites for hydroxylation is 3. The van der Waals surface area contributed by atoms with Crippen molar-refractivity contribution < 1.29 is 19.7 Å². The number of aliphatic hydroxyl groups is 2. The molecule has 7 heteroatoms. The highest BCUT2D eigenvalue weighted by molar-refractivity contribution is 5.73. The highest BCUT2D eigenvalue weighted by Gasteiger charge is 2.40. The minimum atomic E-state index is -1.24. The standard InChI is InChI=1S/C29H41N3O4/c1-22-5-7-26(8-6-22)31-11-9-28(34,10-12-31)18-30-13-14-32(25(4)33)20-29(35,19-30)21-36-27-16-23(2)15-24(3)17-27/h5-8,15-17,34-35H,9-14,18-21H2,1-4H3/t29-/m0/s1. The number of benzene rings is 2. The van der Waals surface area contributed by atoms with Crippen molar-refractivity contribution in [2.45, 2.75) is 51.7 Å². The van der Waals surface area contributed by atoms with Crippen LogP contribution in [0.25, 0.3) is 0 Å². The minimum Gasteiger partial charge on any atom is -0.490 e. The Morgan fingerprint density at radius 1 is 0.861 bits per heavy atom. The molecule has 0 bridgehead atoms. The van der Waals surface area contributed by atoms with Crippen LogP contribution in [0.4, 0.5) is 5.69 Å². The molecule has 196 valence electrons. The van der Waals surface area contributed by atoms with Gasteiger partial charge in [0.2, 0.25) is 5.91 Å². The summed E-state index contributed by atoms with van der Waals surface area (Å²) in [4.78, 5) is 18.4. The van der Waals surface area contributed by atoms with Crippen molar-refractivity contribution in [1.29, 1.82) is 0 Å². The summed E-state index contributed by atoms with van der Waals surface area (Å²) in [6.07, 6.45) is 1.32. The molecule has 2 aromatic carbocycles. The predicted molar refractivity (Wildman–Crippen MR) is 143 cm³/mol. The van der Waals surface area contributed by atoms with Crippen molar-refractivity contribution >= 4 is 11.6 Å². The molecule has 0 saturated carbocycles. The molecule has 2 N–H and O–H groups in total. The van der Waals surface area contributed by atoms with Crippen molar-refractivity contribution in [3.63, 3.8) is 0 Å². The second-order valence-corrected chi connectivity index (χ2v) is 11.0. The molecule has 2 heterocycles. The van der Waals surface area contributed by atoms with Gasteiger partial charge in [0.1, 0.15) is 18.0 Å².